The van der Waals surface area contributed by atoms with Crippen LogP contribution in [0.1, 0.15) is 10.5 Å². The van der Waals surface area contributed by atoms with Crippen molar-refractivity contribution in [3.63, 3.8) is 0 Å². The Balaban J connectivity index is 2.71. The number of hydrogen-bond donors (Lipinski definition) is 1. The number of aromatic nitrogens is 1. The fourth-order valence-electron chi connectivity index (χ4n) is 1.32. The van der Waals surface area contributed by atoms with E-state index < -0.39 is 50.7 Å². The van der Waals surface area contributed by atoms with Gasteiger partial charge in [-0.15, -0.1) is 0 Å². The predicted octanol–water partition coefficient (Wildman–Crippen LogP) is 3.36. The smallest absolute Gasteiger partial charge is 0.358 e. The van der Waals surface area contributed by atoms with Gasteiger partial charge >= 0.3 is 5.97 Å². The van der Waals surface area contributed by atoms with E-state index in [1.807, 2.05) is 0 Å². The van der Waals surface area contributed by atoms with Crippen molar-refractivity contribution >= 4 is 21.9 Å². The van der Waals surface area contributed by atoms with Crippen LogP contribution in [0.2, 0.25) is 0 Å². The van der Waals surface area contributed by atoms with Crippen LogP contribution in [0.3, 0.4) is 0 Å². The lowest BCUT2D eigenvalue weighted by Crippen LogP contribution is -2.00. The fourth-order valence-corrected chi connectivity index (χ4v) is 1.66. The first-order chi connectivity index (χ1) is 8.84. The molecule has 0 aliphatic heterocycles. The van der Waals surface area contributed by atoms with Gasteiger partial charge in [-0.3, -0.25) is 0 Å². The summed E-state index contributed by atoms with van der Waals surface area (Å²) >= 11 is 2.35. The molecule has 1 heterocycles. The van der Waals surface area contributed by atoms with Crippen molar-refractivity contribution in [2.75, 3.05) is 0 Å². The number of rotatable bonds is 2. The molecule has 0 spiro atoms. The molecule has 4 nitrogen and oxygen atoms in total. The highest BCUT2D eigenvalue weighted by atomic mass is 79.9. The summed E-state index contributed by atoms with van der Waals surface area (Å²) in [6, 6.07) is 0.649. The quantitative estimate of drug-likeness (QED) is 0.517. The molecule has 0 radical (unpaired) electrons. The van der Waals surface area contributed by atoms with Crippen LogP contribution in [0.5, 0.6) is 0 Å². The summed E-state index contributed by atoms with van der Waals surface area (Å²) in [5, 5.41) is 11.6. The zero-order chi connectivity index (χ0) is 14.3. The summed E-state index contributed by atoms with van der Waals surface area (Å²) in [6.45, 7) is 0. The van der Waals surface area contributed by atoms with E-state index in [4.69, 9.17) is 5.11 Å². The molecule has 100 valence electrons. The average Bonchev–Trinajstić information content (AvgIpc) is 2.84. The number of hydrogen-bond acceptors (Lipinski definition) is 3. The Morgan fingerprint density at radius 3 is 2.11 bits per heavy atom. The molecule has 0 aliphatic carbocycles. The van der Waals surface area contributed by atoms with E-state index >= 15 is 0 Å². The van der Waals surface area contributed by atoms with Crippen LogP contribution in [0.4, 0.5) is 17.6 Å². The van der Waals surface area contributed by atoms with Gasteiger partial charge in [-0.2, -0.15) is 0 Å². The highest BCUT2D eigenvalue weighted by Crippen LogP contribution is 2.34. The number of benzene rings is 1. The second-order valence-electron chi connectivity index (χ2n) is 3.33. The minimum Gasteiger partial charge on any atom is -0.476 e. The molecule has 1 aromatic carbocycles. The van der Waals surface area contributed by atoms with Crippen LogP contribution in [0.25, 0.3) is 11.3 Å². The van der Waals surface area contributed by atoms with E-state index in [2.05, 4.69) is 25.6 Å². The molecule has 9 heteroatoms. The molecule has 2 rings (SSSR count). The molecule has 0 unspecified atom stereocenters. The largest absolute Gasteiger partial charge is 0.476 e. The van der Waals surface area contributed by atoms with Crippen molar-refractivity contribution in [2.24, 2.45) is 0 Å². The maximum absolute atomic E-state index is 13.6. The Morgan fingerprint density at radius 1 is 1.16 bits per heavy atom. The summed E-state index contributed by atoms with van der Waals surface area (Å²) in [6.07, 6.45) is 0. The third kappa shape index (κ3) is 2.09. The summed E-state index contributed by atoms with van der Waals surface area (Å²) in [5.74, 6) is -9.03. The van der Waals surface area contributed by atoms with Crippen LogP contribution >= 0.6 is 15.9 Å². The molecule has 1 N–H and O–H groups in total. The van der Waals surface area contributed by atoms with Gasteiger partial charge in [0.25, 0.3) is 0 Å². The third-order valence-electron chi connectivity index (χ3n) is 2.19. The number of nitrogens with zero attached hydrogens (tertiary/aromatic N) is 1. The fraction of sp³-hybridized carbons (Fsp3) is 0. The van der Waals surface area contributed by atoms with Gasteiger partial charge in [0.1, 0.15) is 0 Å². The van der Waals surface area contributed by atoms with Gasteiger partial charge in [0, 0.05) is 6.07 Å². The molecule has 0 bridgehead atoms. The van der Waals surface area contributed by atoms with Crippen molar-refractivity contribution < 1.29 is 32.0 Å². The minimum absolute atomic E-state index is 0.649. The van der Waals surface area contributed by atoms with Gasteiger partial charge in [-0.05, 0) is 15.9 Å². The molecule has 0 amide bonds. The molecule has 19 heavy (non-hydrogen) atoms. The monoisotopic (exact) mass is 339 g/mol. The van der Waals surface area contributed by atoms with Crippen LogP contribution in [0.15, 0.2) is 15.1 Å². The van der Waals surface area contributed by atoms with Crippen LogP contribution < -0.4 is 0 Å². The van der Waals surface area contributed by atoms with Crippen molar-refractivity contribution in [3.05, 3.63) is 39.5 Å². The lowest BCUT2D eigenvalue weighted by Gasteiger charge is -2.05. The van der Waals surface area contributed by atoms with Gasteiger partial charge in [0.15, 0.2) is 34.7 Å². The maximum atomic E-state index is 13.6. The van der Waals surface area contributed by atoms with Crippen LogP contribution in [0, 0.1) is 23.3 Å². The third-order valence-corrected chi connectivity index (χ3v) is 2.88. The van der Waals surface area contributed by atoms with E-state index in [0.717, 1.165) is 0 Å². The topological polar surface area (TPSA) is 63.3 Å². The Morgan fingerprint density at radius 2 is 1.68 bits per heavy atom. The lowest BCUT2D eigenvalue weighted by atomic mass is 10.1. The van der Waals surface area contributed by atoms with E-state index in [9.17, 15) is 22.4 Å². The normalized spacial score (nSPS) is 10.8. The summed E-state index contributed by atoms with van der Waals surface area (Å²) < 4.78 is 57.0. The molecule has 0 saturated heterocycles. The zero-order valence-electron chi connectivity index (χ0n) is 8.68. The highest BCUT2D eigenvalue weighted by Gasteiger charge is 2.28. The van der Waals surface area contributed by atoms with Crippen LogP contribution in [-0.4, -0.2) is 16.2 Å². The summed E-state index contributed by atoms with van der Waals surface area (Å²) in [5.41, 5.74) is -1.82. The summed E-state index contributed by atoms with van der Waals surface area (Å²) in [4.78, 5) is 10.5. The van der Waals surface area contributed by atoms with Gasteiger partial charge < -0.3 is 9.63 Å². The number of aromatic carboxylic acids is 1. The second kappa shape index (κ2) is 4.65. The Kier molecular flexibility index (Phi) is 3.31. The van der Waals surface area contributed by atoms with Gasteiger partial charge in [-0.25, -0.2) is 22.4 Å². The molecule has 0 atom stereocenters. The Bertz CT molecular complexity index is 657. The average molecular weight is 340 g/mol. The van der Waals surface area contributed by atoms with Gasteiger partial charge in [0.2, 0.25) is 0 Å². The number of carbonyl (C=O) groups is 1. The molecule has 0 saturated carbocycles. The maximum Gasteiger partial charge on any atom is 0.358 e. The first-order valence-corrected chi connectivity index (χ1v) is 5.35. The van der Waals surface area contributed by atoms with Crippen molar-refractivity contribution in [2.45, 2.75) is 0 Å². The standard InChI is InChI=1S/C10H2BrF4NO3/c11-5-8(14)6(12)4(7(13)9(5)15)3-1-2(10(17)18)16-19-3/h1H,(H,17,18). The predicted molar refractivity (Wildman–Crippen MR) is 56.4 cm³/mol. The second-order valence-corrected chi connectivity index (χ2v) is 4.12. The van der Waals surface area contributed by atoms with Gasteiger partial charge in [0.05, 0.1) is 10.0 Å². The Labute approximate surface area is 110 Å². The van der Waals surface area contributed by atoms with E-state index in [0.29, 0.717) is 6.07 Å². The first kappa shape index (κ1) is 13.5. The van der Waals surface area contributed by atoms with E-state index in [1.165, 1.54) is 0 Å². The molecule has 1 aromatic heterocycles. The lowest BCUT2D eigenvalue weighted by molar-refractivity contribution is 0.0686. The molecular formula is C10H2BrF4NO3. The Hall–Kier alpha value is -1.90. The summed E-state index contributed by atoms with van der Waals surface area (Å²) in [7, 11) is 0. The number of halogens is 5. The molecular weight excluding hydrogens is 338 g/mol. The van der Waals surface area contributed by atoms with Crippen molar-refractivity contribution in [3.8, 4) is 11.3 Å². The van der Waals surface area contributed by atoms with Gasteiger partial charge in [-0.1, -0.05) is 5.16 Å². The zero-order valence-corrected chi connectivity index (χ0v) is 10.3. The minimum atomic E-state index is -1.72. The molecule has 0 fully saturated rings. The van der Waals surface area contributed by atoms with Crippen molar-refractivity contribution in [1.29, 1.82) is 0 Å². The number of carboxylic acid groups (broad SMARTS) is 1. The molecule has 2 aromatic rings. The SMILES string of the molecule is O=C(O)c1cc(-c2c(F)c(F)c(Br)c(F)c2F)on1. The highest BCUT2D eigenvalue weighted by molar-refractivity contribution is 9.10. The van der Waals surface area contributed by atoms with Crippen LogP contribution in [-0.2, 0) is 0 Å². The van der Waals surface area contributed by atoms with E-state index in [1.54, 1.807) is 0 Å². The first-order valence-electron chi connectivity index (χ1n) is 4.56. The number of carboxylic acids is 1. The van der Waals surface area contributed by atoms with Crippen molar-refractivity contribution in [1.82, 2.24) is 5.16 Å². The van der Waals surface area contributed by atoms with E-state index in [-0.39, 0.29) is 0 Å². The molecule has 0 aliphatic rings.